The molecule has 2 aromatic rings. The van der Waals surface area contributed by atoms with Gasteiger partial charge in [-0.3, -0.25) is 4.90 Å². The summed E-state index contributed by atoms with van der Waals surface area (Å²) in [4.78, 5) is 2.71. The highest BCUT2D eigenvalue weighted by atomic mass is 32.2. The van der Waals surface area contributed by atoms with Crippen LogP contribution in [0.1, 0.15) is 24.0 Å². The summed E-state index contributed by atoms with van der Waals surface area (Å²) >= 11 is 0. The Morgan fingerprint density at radius 1 is 1.04 bits per heavy atom. The average Bonchev–Trinajstić information content (AvgIpc) is 2.56. The van der Waals surface area contributed by atoms with Crippen molar-refractivity contribution < 1.29 is 8.42 Å². The van der Waals surface area contributed by atoms with Gasteiger partial charge in [0.1, 0.15) is 0 Å². The minimum Gasteiger partial charge on any atom is -0.298 e. The predicted octanol–water partition coefficient (Wildman–Crippen LogP) is 3.43. The number of rotatable bonds is 4. The molecule has 1 saturated heterocycles. The lowest BCUT2D eigenvalue weighted by Gasteiger charge is -2.32. The normalized spacial score (nSPS) is 19.6. The number of piperidine rings is 1. The largest absolute Gasteiger partial charge is 0.298 e. The second-order valence-corrected chi connectivity index (χ2v) is 8.57. The molecule has 0 aliphatic carbocycles. The van der Waals surface area contributed by atoms with Crippen LogP contribution in [0.4, 0.5) is 0 Å². The number of sulfone groups is 1. The minimum atomic E-state index is -3.25. The van der Waals surface area contributed by atoms with Gasteiger partial charge in [0, 0.05) is 13.1 Å². The Labute approximate surface area is 138 Å². The van der Waals surface area contributed by atoms with E-state index in [1.807, 2.05) is 37.3 Å². The summed E-state index contributed by atoms with van der Waals surface area (Å²) in [6, 6.07) is 17.5. The monoisotopic (exact) mass is 329 g/mol. The van der Waals surface area contributed by atoms with Crippen molar-refractivity contribution >= 4 is 9.84 Å². The quantitative estimate of drug-likeness (QED) is 0.862. The Morgan fingerprint density at radius 3 is 2.43 bits per heavy atom. The van der Waals surface area contributed by atoms with Gasteiger partial charge in [-0.15, -0.1) is 0 Å². The van der Waals surface area contributed by atoms with E-state index in [2.05, 4.69) is 17.0 Å². The molecule has 0 bridgehead atoms. The lowest BCUT2D eigenvalue weighted by atomic mass is 10.1. The third-order valence-corrected chi connectivity index (χ3v) is 6.69. The molecule has 23 heavy (non-hydrogen) atoms. The topological polar surface area (TPSA) is 37.4 Å². The molecule has 1 aliphatic heterocycles. The van der Waals surface area contributed by atoms with Gasteiger partial charge in [-0.05, 0) is 44.0 Å². The van der Waals surface area contributed by atoms with E-state index in [0.717, 1.165) is 31.5 Å². The molecular weight excluding hydrogens is 306 g/mol. The highest BCUT2D eigenvalue weighted by Gasteiger charge is 2.31. The van der Waals surface area contributed by atoms with Gasteiger partial charge in [0.05, 0.1) is 10.1 Å². The van der Waals surface area contributed by atoms with Crippen molar-refractivity contribution in [3.8, 4) is 0 Å². The van der Waals surface area contributed by atoms with Crippen LogP contribution < -0.4 is 0 Å². The van der Waals surface area contributed by atoms with Gasteiger partial charge in [-0.2, -0.15) is 0 Å². The van der Waals surface area contributed by atoms with Gasteiger partial charge < -0.3 is 0 Å². The van der Waals surface area contributed by atoms with E-state index in [1.165, 1.54) is 5.56 Å². The van der Waals surface area contributed by atoms with Crippen LogP contribution in [-0.4, -0.2) is 31.7 Å². The van der Waals surface area contributed by atoms with Crippen molar-refractivity contribution in [2.24, 2.45) is 0 Å². The molecular formula is C19H23NO2S. The van der Waals surface area contributed by atoms with Crippen LogP contribution in [0.3, 0.4) is 0 Å². The van der Waals surface area contributed by atoms with Gasteiger partial charge >= 0.3 is 0 Å². The molecule has 0 N–H and O–H groups in total. The maximum absolute atomic E-state index is 12.9. The Kier molecular flexibility index (Phi) is 4.83. The summed E-state index contributed by atoms with van der Waals surface area (Å²) in [7, 11) is -3.25. The highest BCUT2D eigenvalue weighted by molar-refractivity contribution is 7.92. The molecule has 1 fully saturated rings. The van der Waals surface area contributed by atoms with Gasteiger partial charge in [0.15, 0.2) is 9.84 Å². The molecule has 0 aromatic heterocycles. The summed E-state index contributed by atoms with van der Waals surface area (Å²) in [5.41, 5.74) is 2.32. The van der Waals surface area contributed by atoms with E-state index in [0.29, 0.717) is 11.4 Å². The van der Waals surface area contributed by atoms with E-state index in [4.69, 9.17) is 0 Å². The average molecular weight is 329 g/mol. The third kappa shape index (κ3) is 3.82. The maximum Gasteiger partial charge on any atom is 0.182 e. The Morgan fingerprint density at radius 2 is 1.74 bits per heavy atom. The molecule has 1 heterocycles. The lowest BCUT2D eigenvalue weighted by Crippen LogP contribution is -2.41. The standard InChI is InChI=1S/C19H23NO2S/c1-16-9-11-18(12-10-16)23(21,22)19-8-5-13-20(15-19)14-17-6-3-2-4-7-17/h2-4,6-7,9-12,19H,5,8,13-15H2,1H3. The van der Waals surface area contributed by atoms with E-state index >= 15 is 0 Å². The fourth-order valence-corrected chi connectivity index (χ4v) is 4.96. The molecule has 3 nitrogen and oxygen atoms in total. The molecule has 0 spiro atoms. The first-order valence-electron chi connectivity index (χ1n) is 8.12. The number of aryl methyl sites for hydroxylation is 1. The first-order chi connectivity index (χ1) is 11.1. The summed E-state index contributed by atoms with van der Waals surface area (Å²) < 4.78 is 25.7. The van der Waals surface area contributed by atoms with Crippen molar-refractivity contribution in [3.05, 3.63) is 65.7 Å². The lowest BCUT2D eigenvalue weighted by molar-refractivity contribution is 0.222. The van der Waals surface area contributed by atoms with Crippen LogP contribution >= 0.6 is 0 Å². The van der Waals surface area contributed by atoms with E-state index in [-0.39, 0.29) is 5.25 Å². The zero-order chi connectivity index (χ0) is 16.3. The van der Waals surface area contributed by atoms with Gasteiger partial charge in [-0.1, -0.05) is 48.0 Å². The molecule has 1 unspecified atom stereocenters. The van der Waals surface area contributed by atoms with Gasteiger partial charge in [-0.25, -0.2) is 8.42 Å². The Bertz CT molecular complexity index is 739. The van der Waals surface area contributed by atoms with Crippen molar-refractivity contribution in [3.63, 3.8) is 0 Å². The number of likely N-dealkylation sites (tertiary alicyclic amines) is 1. The summed E-state index contributed by atoms with van der Waals surface area (Å²) in [5, 5.41) is -0.303. The Hall–Kier alpha value is -1.65. The SMILES string of the molecule is Cc1ccc(S(=O)(=O)C2CCCN(Cc3ccccc3)C2)cc1. The first kappa shape index (κ1) is 16.2. The smallest absolute Gasteiger partial charge is 0.182 e. The summed E-state index contributed by atoms with van der Waals surface area (Å²) in [6.07, 6.45) is 1.68. The zero-order valence-corrected chi connectivity index (χ0v) is 14.3. The number of hydrogen-bond acceptors (Lipinski definition) is 3. The van der Waals surface area contributed by atoms with Gasteiger partial charge in [0.2, 0.25) is 0 Å². The molecule has 4 heteroatoms. The van der Waals surface area contributed by atoms with Crippen molar-refractivity contribution in [2.45, 2.75) is 36.5 Å². The van der Waals surface area contributed by atoms with Crippen LogP contribution in [0.2, 0.25) is 0 Å². The summed E-state index contributed by atoms with van der Waals surface area (Å²) in [5.74, 6) is 0. The molecule has 1 aliphatic rings. The molecule has 2 aromatic carbocycles. The second-order valence-electron chi connectivity index (χ2n) is 6.34. The van der Waals surface area contributed by atoms with E-state index in [1.54, 1.807) is 12.1 Å². The van der Waals surface area contributed by atoms with Crippen LogP contribution in [-0.2, 0) is 16.4 Å². The van der Waals surface area contributed by atoms with E-state index < -0.39 is 9.84 Å². The zero-order valence-electron chi connectivity index (χ0n) is 13.5. The molecule has 1 atom stereocenters. The van der Waals surface area contributed by atoms with Gasteiger partial charge in [0.25, 0.3) is 0 Å². The Balaban J connectivity index is 1.74. The van der Waals surface area contributed by atoms with Crippen molar-refractivity contribution in [2.75, 3.05) is 13.1 Å². The van der Waals surface area contributed by atoms with E-state index in [9.17, 15) is 8.42 Å². The second kappa shape index (κ2) is 6.85. The molecule has 122 valence electrons. The van der Waals surface area contributed by atoms with Crippen LogP contribution in [0, 0.1) is 6.92 Å². The highest BCUT2D eigenvalue weighted by Crippen LogP contribution is 2.25. The predicted molar refractivity (Wildman–Crippen MR) is 93.1 cm³/mol. The fourth-order valence-electron chi connectivity index (χ4n) is 3.17. The van der Waals surface area contributed by atoms with Crippen LogP contribution in [0.15, 0.2) is 59.5 Å². The maximum atomic E-state index is 12.9. The van der Waals surface area contributed by atoms with Crippen LogP contribution in [0.5, 0.6) is 0 Å². The third-order valence-electron chi connectivity index (χ3n) is 4.50. The number of hydrogen-bond donors (Lipinski definition) is 0. The number of nitrogens with zero attached hydrogens (tertiary/aromatic N) is 1. The number of benzene rings is 2. The fraction of sp³-hybridized carbons (Fsp3) is 0.368. The molecule has 0 amide bonds. The summed E-state index contributed by atoms with van der Waals surface area (Å²) in [6.45, 7) is 4.37. The molecule has 0 radical (unpaired) electrons. The first-order valence-corrected chi connectivity index (χ1v) is 9.67. The van der Waals surface area contributed by atoms with Crippen molar-refractivity contribution in [1.82, 2.24) is 4.90 Å². The minimum absolute atomic E-state index is 0.303. The molecule has 0 saturated carbocycles. The molecule has 3 rings (SSSR count). The van der Waals surface area contributed by atoms with Crippen LogP contribution in [0.25, 0.3) is 0 Å². The van der Waals surface area contributed by atoms with Crippen molar-refractivity contribution in [1.29, 1.82) is 0 Å².